The minimum absolute atomic E-state index is 0.0700. The number of amides is 1. The summed E-state index contributed by atoms with van der Waals surface area (Å²) in [7, 11) is 0. The van der Waals surface area contributed by atoms with Crippen LogP contribution in [0.2, 0.25) is 0 Å². The Morgan fingerprint density at radius 3 is 2.42 bits per heavy atom. The van der Waals surface area contributed by atoms with Crippen LogP contribution in [0.3, 0.4) is 0 Å². The zero-order chi connectivity index (χ0) is 17.1. The van der Waals surface area contributed by atoms with Crippen LogP contribution < -0.4 is 0 Å². The zero-order valence-corrected chi connectivity index (χ0v) is 13.1. The van der Waals surface area contributed by atoms with Crippen molar-refractivity contribution in [3.8, 4) is 0 Å². The molecule has 1 amide bonds. The molecule has 1 aliphatic heterocycles. The number of hydrogen-bond acceptors (Lipinski definition) is 2. The van der Waals surface area contributed by atoms with Crippen LogP contribution in [0.25, 0.3) is 0 Å². The van der Waals surface area contributed by atoms with Gasteiger partial charge in [0.2, 0.25) is 5.91 Å². The van der Waals surface area contributed by atoms with Gasteiger partial charge in [0.1, 0.15) is 5.82 Å². The molecule has 0 bridgehead atoms. The van der Waals surface area contributed by atoms with Crippen molar-refractivity contribution in [2.24, 2.45) is 0 Å². The molecule has 1 fully saturated rings. The molecule has 2 atom stereocenters. The third-order valence-electron chi connectivity index (χ3n) is 4.46. The topological polar surface area (TPSA) is 57.6 Å². The number of aliphatic carboxylic acids is 1. The second-order valence-corrected chi connectivity index (χ2v) is 6.03. The number of halogens is 1. The smallest absolute Gasteiger partial charge is 0.305 e. The Morgan fingerprint density at radius 1 is 1.12 bits per heavy atom. The Hall–Kier alpha value is -2.69. The first-order valence-corrected chi connectivity index (χ1v) is 7.85. The molecule has 1 heterocycles. The molecule has 0 saturated carbocycles. The van der Waals surface area contributed by atoms with Gasteiger partial charge in [0, 0.05) is 24.9 Å². The van der Waals surface area contributed by atoms with E-state index in [4.69, 9.17) is 0 Å². The number of carboxylic acids is 1. The number of carbonyl (C=O) groups excluding carboxylic acids is 1. The number of hydrogen-bond donors (Lipinski definition) is 1. The highest BCUT2D eigenvalue weighted by Gasteiger charge is 2.41. The molecule has 0 aliphatic carbocycles. The summed E-state index contributed by atoms with van der Waals surface area (Å²) in [5, 5.41) is 9.26. The molecule has 2 unspecified atom stereocenters. The van der Waals surface area contributed by atoms with Crippen LogP contribution >= 0.6 is 0 Å². The maximum Gasteiger partial charge on any atom is 0.305 e. The highest BCUT2D eigenvalue weighted by atomic mass is 19.1. The maximum atomic E-state index is 13.1. The van der Waals surface area contributed by atoms with E-state index in [0.29, 0.717) is 13.0 Å². The highest BCUT2D eigenvalue weighted by Crippen LogP contribution is 2.37. The normalized spacial score (nSPS) is 20.4. The van der Waals surface area contributed by atoms with E-state index in [1.54, 1.807) is 17.0 Å². The summed E-state index contributed by atoms with van der Waals surface area (Å²) in [6, 6.07) is 15.0. The van der Waals surface area contributed by atoms with Crippen molar-refractivity contribution in [1.82, 2.24) is 4.90 Å². The fourth-order valence-corrected chi connectivity index (χ4v) is 3.31. The third kappa shape index (κ3) is 3.45. The summed E-state index contributed by atoms with van der Waals surface area (Å²) in [6.07, 6.45) is 0.190. The molecule has 0 spiro atoms. The summed E-state index contributed by atoms with van der Waals surface area (Å²) in [6.45, 7) is 0.292. The molecule has 2 aromatic rings. The van der Waals surface area contributed by atoms with Gasteiger partial charge in [0.05, 0.1) is 6.42 Å². The van der Waals surface area contributed by atoms with Crippen LogP contribution in [0.5, 0.6) is 0 Å². The zero-order valence-electron chi connectivity index (χ0n) is 13.1. The van der Waals surface area contributed by atoms with Gasteiger partial charge >= 0.3 is 5.97 Å². The summed E-state index contributed by atoms with van der Waals surface area (Å²) in [4.78, 5) is 25.4. The van der Waals surface area contributed by atoms with E-state index in [9.17, 15) is 19.1 Å². The van der Waals surface area contributed by atoms with Crippen LogP contribution in [0.1, 0.15) is 29.9 Å². The lowest BCUT2D eigenvalue weighted by molar-refractivity contribution is -0.139. The second kappa shape index (κ2) is 6.83. The predicted molar refractivity (Wildman–Crippen MR) is 86.8 cm³/mol. The lowest BCUT2D eigenvalue weighted by Crippen LogP contribution is -2.36. The van der Waals surface area contributed by atoms with Gasteiger partial charge in [-0.05, 0) is 23.3 Å². The Labute approximate surface area is 139 Å². The number of carboxylic acid groups (broad SMARTS) is 1. The van der Waals surface area contributed by atoms with Crippen molar-refractivity contribution in [3.63, 3.8) is 0 Å². The predicted octanol–water partition coefficient (Wildman–Crippen LogP) is 3.19. The Bertz CT molecular complexity index is 730. The van der Waals surface area contributed by atoms with E-state index >= 15 is 0 Å². The van der Waals surface area contributed by atoms with Gasteiger partial charge in [-0.25, -0.2) is 4.39 Å². The van der Waals surface area contributed by atoms with Crippen molar-refractivity contribution >= 4 is 11.9 Å². The van der Waals surface area contributed by atoms with Gasteiger partial charge in [0.15, 0.2) is 0 Å². The first-order chi connectivity index (χ1) is 11.5. The van der Waals surface area contributed by atoms with Gasteiger partial charge < -0.3 is 10.0 Å². The standard InChI is InChI=1S/C19H18FNO3/c20-15-8-6-13(7-9-15)12-21-17(11-19(23)24)16(10-18(21)22)14-4-2-1-3-5-14/h1-9,16-17H,10-12H2,(H,23,24). The maximum absolute atomic E-state index is 13.1. The van der Waals surface area contributed by atoms with Crippen molar-refractivity contribution in [1.29, 1.82) is 0 Å². The molecule has 24 heavy (non-hydrogen) atoms. The van der Waals surface area contributed by atoms with Crippen LogP contribution in [-0.4, -0.2) is 27.9 Å². The number of likely N-dealkylation sites (tertiary alicyclic amines) is 1. The number of rotatable bonds is 5. The number of nitrogens with zero attached hydrogens (tertiary/aromatic N) is 1. The summed E-state index contributed by atoms with van der Waals surface area (Å²) in [5.41, 5.74) is 1.76. The van der Waals surface area contributed by atoms with E-state index in [1.165, 1.54) is 12.1 Å². The van der Waals surface area contributed by atoms with Crippen molar-refractivity contribution in [2.45, 2.75) is 31.3 Å². The molecule has 5 heteroatoms. The summed E-state index contributed by atoms with van der Waals surface area (Å²) in [5.74, 6) is -1.48. The summed E-state index contributed by atoms with van der Waals surface area (Å²) < 4.78 is 13.1. The Balaban J connectivity index is 1.87. The van der Waals surface area contributed by atoms with Crippen LogP contribution in [-0.2, 0) is 16.1 Å². The lowest BCUT2D eigenvalue weighted by Gasteiger charge is -2.27. The largest absolute Gasteiger partial charge is 0.481 e. The first kappa shape index (κ1) is 16.2. The van der Waals surface area contributed by atoms with E-state index in [1.807, 2.05) is 30.3 Å². The number of carbonyl (C=O) groups is 2. The number of benzene rings is 2. The van der Waals surface area contributed by atoms with Crippen LogP contribution in [0.15, 0.2) is 54.6 Å². The average Bonchev–Trinajstić information content (AvgIpc) is 2.86. The second-order valence-electron chi connectivity index (χ2n) is 6.03. The summed E-state index contributed by atoms with van der Waals surface area (Å²) >= 11 is 0. The van der Waals surface area contributed by atoms with Crippen molar-refractivity contribution in [3.05, 3.63) is 71.5 Å². The SMILES string of the molecule is O=C(O)CC1C(c2ccccc2)CC(=O)N1Cc1ccc(F)cc1. The minimum atomic E-state index is -0.931. The lowest BCUT2D eigenvalue weighted by atomic mass is 9.90. The molecule has 124 valence electrons. The van der Waals surface area contributed by atoms with Crippen LogP contribution in [0, 0.1) is 5.82 Å². The van der Waals surface area contributed by atoms with E-state index in [0.717, 1.165) is 11.1 Å². The van der Waals surface area contributed by atoms with E-state index in [2.05, 4.69) is 0 Å². The van der Waals surface area contributed by atoms with Gasteiger partial charge in [-0.15, -0.1) is 0 Å². The molecule has 1 N–H and O–H groups in total. The molecule has 0 radical (unpaired) electrons. The highest BCUT2D eigenvalue weighted by molar-refractivity contribution is 5.82. The fourth-order valence-electron chi connectivity index (χ4n) is 3.31. The first-order valence-electron chi connectivity index (χ1n) is 7.85. The molecule has 3 rings (SSSR count). The van der Waals surface area contributed by atoms with Gasteiger partial charge in [0.25, 0.3) is 0 Å². The quantitative estimate of drug-likeness (QED) is 0.917. The van der Waals surface area contributed by atoms with Crippen LogP contribution in [0.4, 0.5) is 4.39 Å². The minimum Gasteiger partial charge on any atom is -0.481 e. The Kier molecular flexibility index (Phi) is 4.60. The molecule has 4 nitrogen and oxygen atoms in total. The average molecular weight is 327 g/mol. The van der Waals surface area contributed by atoms with Crippen molar-refractivity contribution < 1.29 is 19.1 Å². The van der Waals surface area contributed by atoms with Gasteiger partial charge in [-0.1, -0.05) is 42.5 Å². The fraction of sp³-hybridized carbons (Fsp3) is 0.263. The van der Waals surface area contributed by atoms with Crippen molar-refractivity contribution in [2.75, 3.05) is 0 Å². The van der Waals surface area contributed by atoms with E-state index in [-0.39, 0.29) is 24.1 Å². The van der Waals surface area contributed by atoms with Gasteiger partial charge in [-0.3, -0.25) is 9.59 Å². The molecule has 1 saturated heterocycles. The molecular formula is C19H18FNO3. The monoisotopic (exact) mass is 327 g/mol. The molecular weight excluding hydrogens is 309 g/mol. The van der Waals surface area contributed by atoms with Gasteiger partial charge in [-0.2, -0.15) is 0 Å². The third-order valence-corrected chi connectivity index (χ3v) is 4.46. The molecule has 1 aliphatic rings. The van der Waals surface area contributed by atoms with E-state index < -0.39 is 12.0 Å². The molecule has 0 aromatic heterocycles. The molecule has 2 aromatic carbocycles. The Morgan fingerprint density at radius 2 is 1.79 bits per heavy atom.